The van der Waals surface area contributed by atoms with Crippen molar-refractivity contribution < 1.29 is 23.4 Å². The molecule has 2 N–H and O–H groups in total. The summed E-state index contributed by atoms with van der Waals surface area (Å²) < 4.78 is 21.5. The van der Waals surface area contributed by atoms with Gasteiger partial charge in [0.15, 0.2) is 0 Å². The molecule has 2 aromatic carbocycles. The van der Waals surface area contributed by atoms with Crippen molar-refractivity contribution in [3.63, 3.8) is 0 Å². The number of hydrogen-bond donors (Lipinski definition) is 1. The highest BCUT2D eigenvalue weighted by Crippen LogP contribution is 2.42. The van der Waals surface area contributed by atoms with Gasteiger partial charge in [0.2, 0.25) is 5.88 Å². The van der Waals surface area contributed by atoms with E-state index >= 15 is 0 Å². The number of nitrogen functional groups attached to an aromatic ring is 1. The van der Waals surface area contributed by atoms with E-state index in [0.29, 0.717) is 22.8 Å². The molecule has 0 unspecified atom stereocenters. The fourth-order valence-electron chi connectivity index (χ4n) is 2.85. The molecule has 0 aliphatic heterocycles. The van der Waals surface area contributed by atoms with Crippen molar-refractivity contribution in [1.29, 1.82) is 0 Å². The van der Waals surface area contributed by atoms with Crippen molar-refractivity contribution in [1.82, 2.24) is 0 Å². The minimum Gasteiger partial charge on any atom is -0.497 e. The van der Waals surface area contributed by atoms with Crippen molar-refractivity contribution in [2.45, 2.75) is 6.92 Å². The number of nitrogens with two attached hydrogens (primary N) is 1. The van der Waals surface area contributed by atoms with E-state index < -0.39 is 5.97 Å². The zero-order valence-corrected chi connectivity index (χ0v) is 15.4. The Labute approximate surface area is 157 Å². The normalized spacial score (nSPS) is 10.5. The molecule has 1 heterocycles. The maximum Gasteiger partial charge on any atom is 0.344 e. The van der Waals surface area contributed by atoms with E-state index in [4.69, 9.17) is 24.4 Å². The van der Waals surface area contributed by atoms with Gasteiger partial charge in [-0.25, -0.2) is 4.79 Å². The molecule has 0 aliphatic rings. The maximum atomic E-state index is 12.5. The standard InChI is InChI=1S/C21H21NO5/c1-4-26-21(23)18-17(14-6-5-7-16(12-14)25-3)19(27-20(18)22)13-8-10-15(24-2)11-9-13/h5-12H,4,22H2,1-3H3. The largest absolute Gasteiger partial charge is 0.497 e. The van der Waals surface area contributed by atoms with E-state index in [-0.39, 0.29) is 18.1 Å². The molecule has 0 bridgehead atoms. The molecular formula is C21H21NO5. The Bertz CT molecular complexity index is 944. The van der Waals surface area contributed by atoms with Gasteiger partial charge in [-0.1, -0.05) is 12.1 Å². The van der Waals surface area contributed by atoms with Gasteiger partial charge in [0, 0.05) is 11.1 Å². The molecule has 6 heteroatoms. The number of benzene rings is 2. The van der Waals surface area contributed by atoms with Gasteiger partial charge in [-0.15, -0.1) is 0 Å². The molecule has 0 radical (unpaired) electrons. The Balaban J connectivity index is 2.23. The third-order valence-corrected chi connectivity index (χ3v) is 4.13. The second-order valence-electron chi connectivity index (χ2n) is 5.73. The molecule has 0 aliphatic carbocycles. The third kappa shape index (κ3) is 3.60. The van der Waals surface area contributed by atoms with Crippen LogP contribution in [0.5, 0.6) is 11.5 Å². The van der Waals surface area contributed by atoms with Gasteiger partial charge in [-0.3, -0.25) is 0 Å². The minimum absolute atomic E-state index is 0.0112. The summed E-state index contributed by atoms with van der Waals surface area (Å²) in [5.74, 6) is 1.33. The Hall–Kier alpha value is -3.41. The molecule has 6 nitrogen and oxygen atoms in total. The lowest BCUT2D eigenvalue weighted by Crippen LogP contribution is -2.07. The van der Waals surface area contributed by atoms with Gasteiger partial charge in [0.05, 0.1) is 20.8 Å². The fourth-order valence-corrected chi connectivity index (χ4v) is 2.85. The van der Waals surface area contributed by atoms with Crippen LogP contribution >= 0.6 is 0 Å². The highest BCUT2D eigenvalue weighted by molar-refractivity contribution is 6.05. The first-order chi connectivity index (χ1) is 13.1. The van der Waals surface area contributed by atoms with Gasteiger partial charge < -0.3 is 24.4 Å². The molecule has 0 amide bonds. The Morgan fingerprint density at radius 2 is 1.70 bits per heavy atom. The second-order valence-corrected chi connectivity index (χ2v) is 5.73. The predicted molar refractivity (Wildman–Crippen MR) is 103 cm³/mol. The van der Waals surface area contributed by atoms with Crippen LogP contribution < -0.4 is 15.2 Å². The van der Waals surface area contributed by atoms with Crippen molar-refractivity contribution in [3.05, 3.63) is 54.1 Å². The molecule has 0 spiro atoms. The second kappa shape index (κ2) is 7.86. The van der Waals surface area contributed by atoms with Crippen LogP contribution in [-0.4, -0.2) is 26.8 Å². The van der Waals surface area contributed by atoms with E-state index in [1.165, 1.54) is 0 Å². The molecule has 0 saturated heterocycles. The summed E-state index contributed by atoms with van der Waals surface area (Å²) in [6, 6.07) is 14.7. The molecule has 140 valence electrons. The molecule has 0 saturated carbocycles. The molecule has 3 aromatic rings. The van der Waals surface area contributed by atoms with Crippen molar-refractivity contribution in [2.75, 3.05) is 26.6 Å². The lowest BCUT2D eigenvalue weighted by Gasteiger charge is -2.08. The van der Waals surface area contributed by atoms with Gasteiger partial charge in [-0.2, -0.15) is 0 Å². The SMILES string of the molecule is CCOC(=O)c1c(N)oc(-c2ccc(OC)cc2)c1-c1cccc(OC)c1. The summed E-state index contributed by atoms with van der Waals surface area (Å²) in [6.45, 7) is 1.97. The number of carbonyl (C=O) groups is 1. The minimum atomic E-state index is -0.531. The monoisotopic (exact) mass is 367 g/mol. The summed E-state index contributed by atoms with van der Waals surface area (Å²) in [5.41, 5.74) is 8.32. The van der Waals surface area contributed by atoms with Crippen LogP contribution in [0.25, 0.3) is 22.5 Å². The number of hydrogen-bond acceptors (Lipinski definition) is 6. The van der Waals surface area contributed by atoms with Gasteiger partial charge >= 0.3 is 5.97 Å². The summed E-state index contributed by atoms with van der Waals surface area (Å²) in [7, 11) is 3.18. The van der Waals surface area contributed by atoms with Gasteiger partial charge in [0.1, 0.15) is 22.8 Å². The molecule has 1 aromatic heterocycles. The van der Waals surface area contributed by atoms with Crippen molar-refractivity contribution in [2.24, 2.45) is 0 Å². The van der Waals surface area contributed by atoms with Crippen molar-refractivity contribution in [3.8, 4) is 33.9 Å². The summed E-state index contributed by atoms with van der Waals surface area (Å²) in [5, 5.41) is 0. The summed E-state index contributed by atoms with van der Waals surface area (Å²) in [4.78, 5) is 12.5. The Morgan fingerprint density at radius 3 is 2.33 bits per heavy atom. The predicted octanol–water partition coefficient (Wildman–Crippen LogP) is 4.39. The first-order valence-corrected chi connectivity index (χ1v) is 8.47. The van der Waals surface area contributed by atoms with Crippen LogP contribution in [0.2, 0.25) is 0 Å². The van der Waals surface area contributed by atoms with Crippen LogP contribution in [0, 0.1) is 0 Å². The molecule has 0 fully saturated rings. The zero-order valence-electron chi connectivity index (χ0n) is 15.4. The van der Waals surface area contributed by atoms with Crippen LogP contribution in [0.1, 0.15) is 17.3 Å². The highest BCUT2D eigenvalue weighted by atomic mass is 16.5. The van der Waals surface area contributed by atoms with E-state index in [1.54, 1.807) is 21.1 Å². The maximum absolute atomic E-state index is 12.5. The van der Waals surface area contributed by atoms with Crippen LogP contribution in [0.4, 0.5) is 5.88 Å². The quantitative estimate of drug-likeness (QED) is 0.651. The lowest BCUT2D eigenvalue weighted by molar-refractivity contribution is 0.0528. The number of carbonyl (C=O) groups excluding carboxylic acids is 1. The molecule has 3 rings (SSSR count). The molecule has 0 atom stereocenters. The smallest absolute Gasteiger partial charge is 0.344 e. The van der Waals surface area contributed by atoms with Crippen LogP contribution in [-0.2, 0) is 4.74 Å². The topological polar surface area (TPSA) is 83.9 Å². The van der Waals surface area contributed by atoms with E-state index in [9.17, 15) is 4.79 Å². The zero-order chi connectivity index (χ0) is 19.4. The number of furan rings is 1. The average Bonchev–Trinajstić information content (AvgIpc) is 3.05. The third-order valence-electron chi connectivity index (χ3n) is 4.13. The number of ether oxygens (including phenoxy) is 3. The lowest BCUT2D eigenvalue weighted by atomic mass is 9.97. The number of rotatable bonds is 6. The highest BCUT2D eigenvalue weighted by Gasteiger charge is 2.27. The summed E-state index contributed by atoms with van der Waals surface area (Å²) >= 11 is 0. The number of anilines is 1. The number of methoxy groups -OCH3 is 2. The van der Waals surface area contributed by atoms with Crippen LogP contribution in [0.3, 0.4) is 0 Å². The van der Waals surface area contributed by atoms with Crippen LogP contribution in [0.15, 0.2) is 52.9 Å². The molecule has 27 heavy (non-hydrogen) atoms. The fraction of sp³-hybridized carbons (Fsp3) is 0.190. The Morgan fingerprint density at radius 1 is 1.00 bits per heavy atom. The van der Waals surface area contributed by atoms with Gasteiger partial charge in [-0.05, 0) is 48.9 Å². The number of esters is 1. The van der Waals surface area contributed by atoms with Gasteiger partial charge in [0.25, 0.3) is 0 Å². The van der Waals surface area contributed by atoms with Crippen molar-refractivity contribution >= 4 is 11.9 Å². The first-order valence-electron chi connectivity index (χ1n) is 8.47. The van der Waals surface area contributed by atoms with E-state index in [1.807, 2.05) is 48.5 Å². The van der Waals surface area contributed by atoms with E-state index in [2.05, 4.69) is 0 Å². The average molecular weight is 367 g/mol. The van der Waals surface area contributed by atoms with E-state index in [0.717, 1.165) is 11.1 Å². The Kier molecular flexibility index (Phi) is 5.35. The molecular weight excluding hydrogens is 346 g/mol. The first kappa shape index (κ1) is 18.4. The summed E-state index contributed by atoms with van der Waals surface area (Å²) in [6.07, 6.45) is 0.